The topological polar surface area (TPSA) is 46.0 Å². The van der Waals surface area contributed by atoms with Crippen molar-refractivity contribution in [2.24, 2.45) is 15.9 Å². The lowest BCUT2D eigenvalue weighted by atomic mass is 9.67. The van der Waals surface area contributed by atoms with Gasteiger partial charge >= 0.3 is 0 Å². The van der Waals surface area contributed by atoms with Gasteiger partial charge in [0.2, 0.25) is 0 Å². The molecule has 0 fully saturated rings. The molecule has 1 aromatic rings. The average Bonchev–Trinajstić information content (AvgIpc) is 3.27. The number of hydrogen-bond acceptors (Lipinski definition) is 5. The molecule has 0 aromatic carbocycles. The largest absolute Gasteiger partial charge is 0.378 e. The van der Waals surface area contributed by atoms with Crippen molar-refractivity contribution >= 4 is 24.3 Å². The van der Waals surface area contributed by atoms with E-state index in [-0.39, 0.29) is 5.41 Å². The summed E-state index contributed by atoms with van der Waals surface area (Å²) < 4.78 is 5.58. The molecule has 1 aromatic heterocycles. The van der Waals surface area contributed by atoms with Crippen LogP contribution in [0.25, 0.3) is 0 Å². The third kappa shape index (κ3) is 8.13. The molecule has 0 saturated carbocycles. The van der Waals surface area contributed by atoms with Gasteiger partial charge in [-0.3, -0.25) is 9.98 Å². The summed E-state index contributed by atoms with van der Waals surface area (Å²) in [6.07, 6.45) is 9.68. The number of likely N-dealkylation sites (N-methyl/N-ethyl adjacent to an activating group) is 1. The number of allylic oxidation sites excluding steroid dienone is 3. The fraction of sp³-hybridized carbons (Fsp3) is 0.520. The van der Waals surface area contributed by atoms with E-state index >= 15 is 0 Å². The Balaban J connectivity index is 3.17. The number of thiophene rings is 1. The molecule has 2 atom stereocenters. The molecule has 0 aliphatic rings. The molecule has 166 valence electrons. The Morgan fingerprint density at radius 3 is 2.80 bits per heavy atom. The average molecular weight is 430 g/mol. The van der Waals surface area contributed by atoms with E-state index in [0.29, 0.717) is 25.7 Å². The Hall–Kier alpha value is -1.82. The van der Waals surface area contributed by atoms with Crippen LogP contribution < -0.4 is 5.32 Å². The predicted molar refractivity (Wildman–Crippen MR) is 134 cm³/mol. The van der Waals surface area contributed by atoms with Crippen molar-refractivity contribution in [3.63, 3.8) is 0 Å². The van der Waals surface area contributed by atoms with Crippen LogP contribution in [0.5, 0.6) is 0 Å². The van der Waals surface area contributed by atoms with Crippen LogP contribution in [-0.4, -0.2) is 46.3 Å². The highest BCUT2D eigenvalue weighted by Gasteiger charge is 2.36. The van der Waals surface area contributed by atoms with E-state index in [0.717, 1.165) is 37.8 Å². The monoisotopic (exact) mass is 429 g/mol. The smallest absolute Gasteiger partial charge is 0.0662 e. The zero-order valence-corrected chi connectivity index (χ0v) is 19.8. The number of ether oxygens (including phenoxy) is 1. The molecular formula is C25H39N3OS. The maximum Gasteiger partial charge on any atom is 0.0662 e. The Bertz CT molecular complexity index is 693. The van der Waals surface area contributed by atoms with Crippen molar-refractivity contribution in [3.8, 4) is 0 Å². The van der Waals surface area contributed by atoms with E-state index in [1.165, 1.54) is 11.1 Å². The van der Waals surface area contributed by atoms with Gasteiger partial charge in [0, 0.05) is 24.4 Å². The molecule has 1 rings (SSSR count). The van der Waals surface area contributed by atoms with Crippen molar-refractivity contribution in [1.82, 2.24) is 5.32 Å². The van der Waals surface area contributed by atoms with Gasteiger partial charge in [0.1, 0.15) is 0 Å². The Kier molecular flexibility index (Phi) is 13.2. The highest BCUT2D eigenvalue weighted by molar-refractivity contribution is 7.08. The second-order valence-electron chi connectivity index (χ2n) is 7.63. The van der Waals surface area contributed by atoms with Gasteiger partial charge in [-0.05, 0) is 66.9 Å². The van der Waals surface area contributed by atoms with Gasteiger partial charge in [-0.2, -0.15) is 11.3 Å². The second kappa shape index (κ2) is 15.1. The summed E-state index contributed by atoms with van der Waals surface area (Å²) >= 11 is 1.71. The van der Waals surface area contributed by atoms with Crippen LogP contribution in [0.3, 0.4) is 0 Å². The molecule has 0 spiro atoms. The van der Waals surface area contributed by atoms with Crippen LogP contribution >= 0.6 is 11.3 Å². The maximum absolute atomic E-state index is 5.58. The highest BCUT2D eigenvalue weighted by atomic mass is 32.1. The van der Waals surface area contributed by atoms with Gasteiger partial charge in [-0.15, -0.1) is 6.58 Å². The first kappa shape index (κ1) is 26.2. The molecule has 4 nitrogen and oxygen atoms in total. The first-order chi connectivity index (χ1) is 14.6. The minimum absolute atomic E-state index is 0.293. The quantitative estimate of drug-likeness (QED) is 0.192. The summed E-state index contributed by atoms with van der Waals surface area (Å²) in [5, 5.41) is 7.41. The zero-order chi connectivity index (χ0) is 22.2. The molecule has 0 radical (unpaired) electrons. The number of rotatable bonds is 17. The molecule has 0 aliphatic carbocycles. The summed E-state index contributed by atoms with van der Waals surface area (Å²) in [6, 6.07) is 2.19. The SMILES string of the molecule is C=CCC(CC(=C)C(C)CCC)(C(/C=N\CCOCCNC)=C/N=C)c1ccsc1. The summed E-state index contributed by atoms with van der Waals surface area (Å²) in [4.78, 5) is 8.77. The first-order valence-corrected chi connectivity index (χ1v) is 11.7. The minimum Gasteiger partial charge on any atom is -0.378 e. The Morgan fingerprint density at radius 1 is 1.40 bits per heavy atom. The second-order valence-corrected chi connectivity index (χ2v) is 8.41. The number of aliphatic imine (C=N–C) groups is 2. The molecule has 1 heterocycles. The Labute approximate surface area is 187 Å². The van der Waals surface area contributed by atoms with Crippen molar-refractivity contribution in [1.29, 1.82) is 0 Å². The van der Waals surface area contributed by atoms with Crippen LogP contribution in [0.1, 0.15) is 45.1 Å². The Morgan fingerprint density at radius 2 is 2.20 bits per heavy atom. The van der Waals surface area contributed by atoms with Crippen molar-refractivity contribution in [2.45, 2.75) is 44.9 Å². The lowest BCUT2D eigenvalue weighted by Crippen LogP contribution is -2.30. The minimum atomic E-state index is -0.293. The van der Waals surface area contributed by atoms with Gasteiger partial charge in [0.15, 0.2) is 0 Å². The van der Waals surface area contributed by atoms with Gasteiger partial charge in [-0.25, -0.2) is 0 Å². The fourth-order valence-electron chi connectivity index (χ4n) is 3.60. The van der Waals surface area contributed by atoms with Gasteiger partial charge in [0.05, 0.1) is 19.8 Å². The summed E-state index contributed by atoms with van der Waals surface area (Å²) in [7, 11) is 1.92. The molecule has 0 saturated heterocycles. The number of nitrogens with one attached hydrogen (secondary N) is 1. The summed E-state index contributed by atoms with van der Waals surface area (Å²) in [6.45, 7) is 19.4. The molecule has 30 heavy (non-hydrogen) atoms. The molecule has 0 amide bonds. The summed E-state index contributed by atoms with van der Waals surface area (Å²) in [5.41, 5.74) is 3.25. The van der Waals surface area contributed by atoms with Crippen molar-refractivity contribution < 1.29 is 4.74 Å². The van der Waals surface area contributed by atoms with Crippen LogP contribution in [-0.2, 0) is 10.2 Å². The van der Waals surface area contributed by atoms with Crippen LogP contribution in [0.4, 0.5) is 0 Å². The lowest BCUT2D eigenvalue weighted by molar-refractivity contribution is 0.145. The van der Waals surface area contributed by atoms with E-state index < -0.39 is 0 Å². The fourth-order valence-corrected chi connectivity index (χ4v) is 4.35. The summed E-state index contributed by atoms with van der Waals surface area (Å²) in [5.74, 6) is 0.466. The van der Waals surface area contributed by atoms with Crippen LogP contribution in [0, 0.1) is 5.92 Å². The molecule has 1 N–H and O–H groups in total. The molecule has 0 bridgehead atoms. The van der Waals surface area contributed by atoms with Gasteiger partial charge in [0.25, 0.3) is 0 Å². The van der Waals surface area contributed by atoms with Crippen LogP contribution in [0.2, 0.25) is 0 Å². The van der Waals surface area contributed by atoms with Gasteiger partial charge in [-0.1, -0.05) is 38.5 Å². The first-order valence-electron chi connectivity index (χ1n) is 10.8. The molecule has 0 aliphatic heterocycles. The molecule has 2 unspecified atom stereocenters. The number of nitrogens with zero attached hydrogens (tertiary/aromatic N) is 2. The zero-order valence-electron chi connectivity index (χ0n) is 19.0. The maximum atomic E-state index is 5.58. The van der Waals surface area contributed by atoms with E-state index in [9.17, 15) is 0 Å². The standard InChI is InChI=1S/C25H39N3OS/c1-7-9-21(3)22(4)17-25(11-8-2,23-10-16-30-20-23)24(18-27-6)19-28-13-15-29-14-12-26-5/h8,10,16,18-21,26H,2,4,6-7,9,11-15,17H2,1,3,5H3/b24-18+,28-19-. The number of hydrogen-bond donors (Lipinski definition) is 1. The van der Waals surface area contributed by atoms with E-state index in [2.05, 4.69) is 65.9 Å². The molecular weight excluding hydrogens is 390 g/mol. The highest BCUT2D eigenvalue weighted by Crippen LogP contribution is 2.43. The van der Waals surface area contributed by atoms with E-state index in [1.54, 1.807) is 11.3 Å². The third-order valence-corrected chi connectivity index (χ3v) is 6.07. The van der Waals surface area contributed by atoms with Gasteiger partial charge < -0.3 is 10.1 Å². The van der Waals surface area contributed by atoms with Crippen molar-refractivity contribution in [3.05, 3.63) is 59.0 Å². The lowest BCUT2D eigenvalue weighted by Gasteiger charge is -2.36. The predicted octanol–water partition coefficient (Wildman–Crippen LogP) is 5.84. The van der Waals surface area contributed by atoms with Crippen molar-refractivity contribution in [2.75, 3.05) is 33.4 Å². The normalized spacial score (nSPS) is 15.1. The van der Waals surface area contributed by atoms with Crippen LogP contribution in [0.15, 0.2) is 63.4 Å². The van der Waals surface area contributed by atoms with E-state index in [4.69, 9.17) is 4.74 Å². The molecule has 5 heteroatoms. The third-order valence-electron chi connectivity index (χ3n) is 5.39. The van der Waals surface area contributed by atoms with E-state index in [1.807, 2.05) is 25.5 Å².